The minimum Gasteiger partial charge on any atom is -0.462 e. The van der Waals surface area contributed by atoms with E-state index < -0.39 is 11.9 Å². The molecule has 2 aromatic rings. The number of rotatable bonds is 5. The SMILES string of the molecule is CCOC(=O)c1ccc(NC(=O)/C(C#N)=C/c2ccc(I)cc2)cc1. The van der Waals surface area contributed by atoms with E-state index in [-0.39, 0.29) is 5.57 Å². The van der Waals surface area contributed by atoms with Crippen LogP contribution in [0.3, 0.4) is 0 Å². The van der Waals surface area contributed by atoms with E-state index >= 15 is 0 Å². The average molecular weight is 446 g/mol. The number of nitrogens with one attached hydrogen (secondary N) is 1. The lowest BCUT2D eigenvalue weighted by molar-refractivity contribution is -0.112. The molecule has 0 radical (unpaired) electrons. The van der Waals surface area contributed by atoms with Crippen LogP contribution in [0.5, 0.6) is 0 Å². The number of anilines is 1. The van der Waals surface area contributed by atoms with E-state index in [1.165, 1.54) is 6.08 Å². The summed E-state index contributed by atoms with van der Waals surface area (Å²) in [6, 6.07) is 15.7. The molecule has 2 rings (SSSR count). The molecule has 0 aliphatic rings. The lowest BCUT2D eigenvalue weighted by atomic mass is 10.1. The molecular weight excluding hydrogens is 431 g/mol. The predicted octanol–water partition coefficient (Wildman–Crippen LogP) is 4.01. The first-order valence-electron chi connectivity index (χ1n) is 7.49. The third-order valence-electron chi connectivity index (χ3n) is 3.20. The number of hydrogen-bond acceptors (Lipinski definition) is 4. The van der Waals surface area contributed by atoms with Crippen molar-refractivity contribution >= 4 is 46.2 Å². The van der Waals surface area contributed by atoms with E-state index in [1.807, 2.05) is 30.3 Å². The van der Waals surface area contributed by atoms with Crippen LogP contribution in [0.4, 0.5) is 5.69 Å². The summed E-state index contributed by atoms with van der Waals surface area (Å²) in [5.41, 5.74) is 1.65. The zero-order chi connectivity index (χ0) is 18.2. The maximum absolute atomic E-state index is 12.2. The van der Waals surface area contributed by atoms with Gasteiger partial charge in [0.05, 0.1) is 12.2 Å². The van der Waals surface area contributed by atoms with Crippen LogP contribution in [-0.4, -0.2) is 18.5 Å². The second kappa shape index (κ2) is 8.99. The van der Waals surface area contributed by atoms with Gasteiger partial charge in [0.1, 0.15) is 11.6 Å². The highest BCUT2D eigenvalue weighted by molar-refractivity contribution is 14.1. The molecule has 0 aromatic heterocycles. The van der Waals surface area contributed by atoms with Gasteiger partial charge in [-0.3, -0.25) is 4.79 Å². The van der Waals surface area contributed by atoms with E-state index in [0.29, 0.717) is 17.9 Å². The molecule has 0 fully saturated rings. The van der Waals surface area contributed by atoms with Crippen molar-refractivity contribution in [2.24, 2.45) is 0 Å². The molecule has 0 atom stereocenters. The topological polar surface area (TPSA) is 79.2 Å². The Morgan fingerprint density at radius 2 is 1.80 bits per heavy atom. The molecule has 0 saturated heterocycles. The van der Waals surface area contributed by atoms with Crippen LogP contribution in [0, 0.1) is 14.9 Å². The van der Waals surface area contributed by atoms with E-state index in [4.69, 9.17) is 4.74 Å². The van der Waals surface area contributed by atoms with Gasteiger partial charge in [0, 0.05) is 9.26 Å². The molecule has 5 nitrogen and oxygen atoms in total. The van der Waals surface area contributed by atoms with Gasteiger partial charge < -0.3 is 10.1 Å². The van der Waals surface area contributed by atoms with Crippen molar-refractivity contribution in [1.29, 1.82) is 5.26 Å². The summed E-state index contributed by atoms with van der Waals surface area (Å²) in [5.74, 6) is -0.929. The fourth-order valence-electron chi connectivity index (χ4n) is 1.98. The van der Waals surface area contributed by atoms with Crippen molar-refractivity contribution in [3.05, 3.63) is 68.8 Å². The molecule has 0 aliphatic carbocycles. The molecule has 6 heteroatoms. The van der Waals surface area contributed by atoms with Gasteiger partial charge in [0.25, 0.3) is 5.91 Å². The maximum atomic E-state index is 12.2. The number of hydrogen-bond donors (Lipinski definition) is 1. The number of nitriles is 1. The van der Waals surface area contributed by atoms with Crippen LogP contribution in [0.15, 0.2) is 54.1 Å². The Morgan fingerprint density at radius 1 is 1.16 bits per heavy atom. The van der Waals surface area contributed by atoms with Crippen molar-refractivity contribution in [2.45, 2.75) is 6.92 Å². The van der Waals surface area contributed by atoms with Gasteiger partial charge in [-0.1, -0.05) is 12.1 Å². The summed E-state index contributed by atoms with van der Waals surface area (Å²) < 4.78 is 5.97. The Bertz CT molecular complexity index is 834. The lowest BCUT2D eigenvalue weighted by Gasteiger charge is -2.06. The number of amides is 1. The molecule has 0 bridgehead atoms. The number of carbonyl (C=O) groups is 2. The maximum Gasteiger partial charge on any atom is 0.338 e. The van der Waals surface area contributed by atoms with Crippen LogP contribution in [0.2, 0.25) is 0 Å². The Kier molecular flexibility index (Phi) is 6.71. The quantitative estimate of drug-likeness (QED) is 0.326. The van der Waals surface area contributed by atoms with Crippen molar-refractivity contribution < 1.29 is 14.3 Å². The third-order valence-corrected chi connectivity index (χ3v) is 3.92. The molecule has 0 heterocycles. The summed E-state index contributed by atoms with van der Waals surface area (Å²) >= 11 is 2.18. The van der Waals surface area contributed by atoms with Crippen LogP contribution in [-0.2, 0) is 9.53 Å². The Hall–Kier alpha value is -2.66. The second-order valence-electron chi connectivity index (χ2n) is 4.97. The van der Waals surface area contributed by atoms with Gasteiger partial charge in [-0.05, 0) is 77.6 Å². The normalized spacial score (nSPS) is 10.7. The van der Waals surface area contributed by atoms with Gasteiger partial charge in [0.2, 0.25) is 0 Å². The van der Waals surface area contributed by atoms with Gasteiger partial charge in [-0.2, -0.15) is 5.26 Å². The lowest BCUT2D eigenvalue weighted by Crippen LogP contribution is -2.13. The molecule has 25 heavy (non-hydrogen) atoms. The summed E-state index contributed by atoms with van der Waals surface area (Å²) in [7, 11) is 0. The van der Waals surface area contributed by atoms with E-state index in [0.717, 1.165) is 9.13 Å². The molecule has 1 N–H and O–H groups in total. The first kappa shape index (κ1) is 18.7. The number of benzene rings is 2. The summed E-state index contributed by atoms with van der Waals surface area (Å²) in [4.78, 5) is 23.8. The summed E-state index contributed by atoms with van der Waals surface area (Å²) in [6.07, 6.45) is 1.53. The molecule has 0 aliphatic heterocycles. The zero-order valence-corrected chi connectivity index (χ0v) is 15.6. The smallest absolute Gasteiger partial charge is 0.338 e. The Morgan fingerprint density at radius 3 is 2.36 bits per heavy atom. The molecular formula is C19H15IN2O3. The number of ether oxygens (including phenoxy) is 1. The predicted molar refractivity (Wildman–Crippen MR) is 104 cm³/mol. The first-order valence-corrected chi connectivity index (χ1v) is 8.57. The second-order valence-corrected chi connectivity index (χ2v) is 6.22. The fourth-order valence-corrected chi connectivity index (χ4v) is 2.34. The van der Waals surface area contributed by atoms with Gasteiger partial charge in [-0.15, -0.1) is 0 Å². The third kappa shape index (κ3) is 5.43. The van der Waals surface area contributed by atoms with Gasteiger partial charge in [-0.25, -0.2) is 4.79 Å². The van der Waals surface area contributed by atoms with Crippen molar-refractivity contribution in [3.8, 4) is 6.07 Å². The molecule has 1 amide bonds. The largest absolute Gasteiger partial charge is 0.462 e. The summed E-state index contributed by atoms with van der Waals surface area (Å²) in [5, 5.41) is 11.9. The van der Waals surface area contributed by atoms with Gasteiger partial charge >= 0.3 is 5.97 Å². The highest BCUT2D eigenvalue weighted by Crippen LogP contribution is 2.14. The zero-order valence-electron chi connectivity index (χ0n) is 13.5. The van der Waals surface area contributed by atoms with Crippen LogP contribution in [0.25, 0.3) is 6.08 Å². The van der Waals surface area contributed by atoms with Crippen LogP contribution < -0.4 is 5.32 Å². The molecule has 126 valence electrons. The fraction of sp³-hybridized carbons (Fsp3) is 0.105. The van der Waals surface area contributed by atoms with Crippen molar-refractivity contribution in [3.63, 3.8) is 0 Å². The highest BCUT2D eigenvalue weighted by atomic mass is 127. The van der Waals surface area contributed by atoms with Gasteiger partial charge in [0.15, 0.2) is 0 Å². The Labute approximate surface area is 159 Å². The van der Waals surface area contributed by atoms with E-state index in [2.05, 4.69) is 27.9 Å². The minimum absolute atomic E-state index is 0.00400. The number of nitrogens with zero attached hydrogens (tertiary/aromatic N) is 1. The minimum atomic E-state index is -0.509. The molecule has 0 spiro atoms. The monoisotopic (exact) mass is 446 g/mol. The van der Waals surface area contributed by atoms with Crippen molar-refractivity contribution in [2.75, 3.05) is 11.9 Å². The molecule has 0 saturated carbocycles. The molecule has 2 aromatic carbocycles. The van der Waals surface area contributed by atoms with Crippen LogP contribution >= 0.6 is 22.6 Å². The number of esters is 1. The summed E-state index contributed by atoms with van der Waals surface area (Å²) in [6.45, 7) is 2.03. The van der Waals surface area contributed by atoms with E-state index in [1.54, 1.807) is 31.2 Å². The number of halogens is 1. The number of carbonyl (C=O) groups excluding carboxylic acids is 2. The standard InChI is InChI=1S/C19H15IN2O3/c1-2-25-19(24)14-5-9-17(10-6-14)22-18(23)15(12-21)11-13-3-7-16(20)8-4-13/h3-11H,2H2,1H3,(H,22,23)/b15-11+. The first-order chi connectivity index (χ1) is 12.0. The average Bonchev–Trinajstić information content (AvgIpc) is 2.62. The van der Waals surface area contributed by atoms with Crippen molar-refractivity contribution in [1.82, 2.24) is 0 Å². The molecule has 0 unspecified atom stereocenters. The Balaban J connectivity index is 2.10. The van der Waals surface area contributed by atoms with E-state index in [9.17, 15) is 14.9 Å². The highest BCUT2D eigenvalue weighted by Gasteiger charge is 2.11. The van der Waals surface area contributed by atoms with Crippen LogP contribution in [0.1, 0.15) is 22.8 Å².